The summed E-state index contributed by atoms with van der Waals surface area (Å²) < 4.78 is 15.6. The first-order chi connectivity index (χ1) is 10.6. The maximum Gasteiger partial charge on any atom is 0.338 e. The number of methoxy groups -OCH3 is 2. The minimum Gasteiger partial charge on any atom is -0.496 e. The van der Waals surface area contributed by atoms with Crippen LogP contribution < -0.4 is 4.74 Å². The summed E-state index contributed by atoms with van der Waals surface area (Å²) in [5.41, 5.74) is 4.21. The third-order valence-electron chi connectivity index (χ3n) is 3.84. The van der Waals surface area contributed by atoms with E-state index in [0.717, 1.165) is 22.4 Å². The van der Waals surface area contributed by atoms with Crippen LogP contribution in [0.25, 0.3) is 11.1 Å². The summed E-state index contributed by atoms with van der Waals surface area (Å²) in [6.07, 6.45) is -0.730. The highest BCUT2D eigenvalue weighted by atomic mass is 16.6. The first kappa shape index (κ1) is 14.6. The van der Waals surface area contributed by atoms with E-state index in [1.165, 1.54) is 12.7 Å². The Labute approximate surface area is 129 Å². The van der Waals surface area contributed by atoms with E-state index in [9.17, 15) is 4.79 Å². The topological polar surface area (TPSA) is 48.1 Å². The molecule has 1 aliphatic heterocycles. The fourth-order valence-corrected chi connectivity index (χ4v) is 2.52. The van der Waals surface area contributed by atoms with Crippen molar-refractivity contribution in [3.05, 3.63) is 53.6 Å². The Morgan fingerprint density at radius 3 is 2.45 bits per heavy atom. The number of aryl methyl sites for hydroxylation is 1. The minimum absolute atomic E-state index is 0.234. The Kier molecular flexibility index (Phi) is 3.86. The molecule has 1 aliphatic rings. The molecule has 0 radical (unpaired) electrons. The smallest absolute Gasteiger partial charge is 0.338 e. The van der Waals surface area contributed by atoms with Crippen molar-refractivity contribution in [2.75, 3.05) is 14.2 Å². The molecule has 2 unspecified atom stereocenters. The van der Waals surface area contributed by atoms with Gasteiger partial charge in [-0.1, -0.05) is 35.9 Å². The Balaban J connectivity index is 1.94. The molecule has 1 heterocycles. The molecule has 114 valence electrons. The lowest BCUT2D eigenvalue weighted by molar-refractivity contribution is -0.142. The van der Waals surface area contributed by atoms with Crippen LogP contribution in [0, 0.1) is 6.92 Å². The zero-order valence-electron chi connectivity index (χ0n) is 12.8. The molecule has 0 aliphatic carbocycles. The van der Waals surface area contributed by atoms with E-state index in [0.29, 0.717) is 0 Å². The monoisotopic (exact) mass is 298 g/mol. The average molecular weight is 298 g/mol. The SMILES string of the molecule is COC(=O)C1OC1c1ccc(OC)c(-c2ccc(C)cc2)c1. The number of ether oxygens (including phenoxy) is 3. The number of carbonyl (C=O) groups is 1. The van der Waals surface area contributed by atoms with E-state index in [2.05, 4.69) is 31.2 Å². The van der Waals surface area contributed by atoms with Crippen molar-refractivity contribution in [2.24, 2.45) is 0 Å². The van der Waals surface area contributed by atoms with E-state index in [-0.39, 0.29) is 12.1 Å². The second kappa shape index (κ2) is 5.81. The molecule has 0 spiro atoms. The quantitative estimate of drug-likeness (QED) is 0.642. The lowest BCUT2D eigenvalue weighted by Gasteiger charge is -2.10. The van der Waals surface area contributed by atoms with Gasteiger partial charge >= 0.3 is 5.97 Å². The highest BCUT2D eigenvalue weighted by Crippen LogP contribution is 2.42. The van der Waals surface area contributed by atoms with Crippen LogP contribution in [0.2, 0.25) is 0 Å². The van der Waals surface area contributed by atoms with Gasteiger partial charge in [-0.15, -0.1) is 0 Å². The van der Waals surface area contributed by atoms with Gasteiger partial charge in [0.2, 0.25) is 0 Å². The molecule has 3 rings (SSSR count). The summed E-state index contributed by atoms with van der Waals surface area (Å²) in [6.45, 7) is 2.05. The van der Waals surface area contributed by atoms with Gasteiger partial charge in [0.15, 0.2) is 6.10 Å². The molecule has 2 aromatic rings. The van der Waals surface area contributed by atoms with E-state index < -0.39 is 6.10 Å². The molecule has 2 atom stereocenters. The van der Waals surface area contributed by atoms with Crippen molar-refractivity contribution in [2.45, 2.75) is 19.1 Å². The Bertz CT molecular complexity index is 691. The molecule has 0 aromatic heterocycles. The van der Waals surface area contributed by atoms with Gasteiger partial charge in [0.05, 0.1) is 14.2 Å². The third kappa shape index (κ3) is 2.70. The molecule has 0 bridgehead atoms. The number of hydrogen-bond acceptors (Lipinski definition) is 4. The summed E-state index contributed by atoms with van der Waals surface area (Å²) >= 11 is 0. The molecule has 1 saturated heterocycles. The number of esters is 1. The lowest BCUT2D eigenvalue weighted by Crippen LogP contribution is -2.09. The lowest BCUT2D eigenvalue weighted by atomic mass is 9.99. The fourth-order valence-electron chi connectivity index (χ4n) is 2.52. The van der Waals surface area contributed by atoms with Gasteiger partial charge < -0.3 is 14.2 Å². The van der Waals surface area contributed by atoms with Gasteiger partial charge in [-0.25, -0.2) is 4.79 Å². The molecule has 4 nitrogen and oxygen atoms in total. The van der Waals surface area contributed by atoms with Crippen molar-refractivity contribution >= 4 is 5.97 Å². The molecule has 4 heteroatoms. The number of benzene rings is 2. The van der Waals surface area contributed by atoms with Crippen molar-refractivity contribution in [3.63, 3.8) is 0 Å². The van der Waals surface area contributed by atoms with Gasteiger partial charge in [0.1, 0.15) is 11.9 Å². The van der Waals surface area contributed by atoms with Crippen LogP contribution >= 0.6 is 0 Å². The second-order valence-electron chi connectivity index (χ2n) is 5.33. The second-order valence-corrected chi connectivity index (χ2v) is 5.33. The van der Waals surface area contributed by atoms with Crippen LogP contribution in [-0.2, 0) is 14.3 Å². The van der Waals surface area contributed by atoms with Crippen LogP contribution in [0.15, 0.2) is 42.5 Å². The van der Waals surface area contributed by atoms with Gasteiger partial charge in [0, 0.05) is 5.56 Å². The summed E-state index contributed by atoms with van der Waals surface area (Å²) in [7, 11) is 3.02. The molecule has 22 heavy (non-hydrogen) atoms. The molecule has 0 saturated carbocycles. The highest BCUT2D eigenvalue weighted by molar-refractivity contribution is 5.79. The molecule has 1 fully saturated rings. The standard InChI is InChI=1S/C18H18O4/c1-11-4-6-12(7-5-11)14-10-13(8-9-15(14)20-2)16-17(22-16)18(19)21-3/h4-10,16-17H,1-3H3. The van der Waals surface area contributed by atoms with Crippen molar-refractivity contribution < 1.29 is 19.0 Å². The zero-order chi connectivity index (χ0) is 15.7. The molecular weight excluding hydrogens is 280 g/mol. The zero-order valence-corrected chi connectivity index (χ0v) is 12.8. The van der Waals surface area contributed by atoms with Crippen molar-refractivity contribution in [1.29, 1.82) is 0 Å². The van der Waals surface area contributed by atoms with E-state index >= 15 is 0 Å². The van der Waals surface area contributed by atoms with Crippen LogP contribution in [-0.4, -0.2) is 26.3 Å². The summed E-state index contributed by atoms with van der Waals surface area (Å²) in [4.78, 5) is 11.5. The summed E-state index contributed by atoms with van der Waals surface area (Å²) in [5, 5.41) is 0. The van der Waals surface area contributed by atoms with Crippen molar-refractivity contribution in [1.82, 2.24) is 0 Å². The Hall–Kier alpha value is -2.33. The van der Waals surface area contributed by atoms with E-state index in [4.69, 9.17) is 14.2 Å². The van der Waals surface area contributed by atoms with E-state index in [1.807, 2.05) is 18.2 Å². The first-order valence-electron chi connectivity index (χ1n) is 7.12. The first-order valence-corrected chi connectivity index (χ1v) is 7.12. The van der Waals surface area contributed by atoms with Crippen LogP contribution in [0.4, 0.5) is 0 Å². The number of rotatable bonds is 4. The Morgan fingerprint density at radius 1 is 1.09 bits per heavy atom. The van der Waals surface area contributed by atoms with Crippen LogP contribution in [0.3, 0.4) is 0 Å². The van der Waals surface area contributed by atoms with Crippen LogP contribution in [0.1, 0.15) is 17.2 Å². The normalized spacial score (nSPS) is 19.6. The summed E-state index contributed by atoms with van der Waals surface area (Å²) in [6, 6.07) is 14.1. The maximum absolute atomic E-state index is 11.5. The van der Waals surface area contributed by atoms with Gasteiger partial charge in [-0.2, -0.15) is 0 Å². The van der Waals surface area contributed by atoms with E-state index in [1.54, 1.807) is 7.11 Å². The highest BCUT2D eigenvalue weighted by Gasteiger charge is 2.47. The van der Waals surface area contributed by atoms with Gasteiger partial charge in [-0.3, -0.25) is 0 Å². The van der Waals surface area contributed by atoms with Crippen molar-refractivity contribution in [3.8, 4) is 16.9 Å². The fraction of sp³-hybridized carbons (Fsp3) is 0.278. The molecule has 2 aromatic carbocycles. The van der Waals surface area contributed by atoms with Gasteiger partial charge in [-0.05, 0) is 30.2 Å². The molecular formula is C18H18O4. The third-order valence-corrected chi connectivity index (χ3v) is 3.84. The number of epoxide rings is 1. The largest absolute Gasteiger partial charge is 0.496 e. The number of carbonyl (C=O) groups excluding carboxylic acids is 1. The van der Waals surface area contributed by atoms with Crippen LogP contribution in [0.5, 0.6) is 5.75 Å². The minimum atomic E-state index is -0.496. The molecule has 0 N–H and O–H groups in total. The molecule has 0 amide bonds. The summed E-state index contributed by atoms with van der Waals surface area (Å²) in [5.74, 6) is 0.459. The maximum atomic E-state index is 11.5. The van der Waals surface area contributed by atoms with Gasteiger partial charge in [0.25, 0.3) is 0 Å². The average Bonchev–Trinajstić information content (AvgIpc) is 3.35. The number of hydrogen-bond donors (Lipinski definition) is 0. The predicted octanol–water partition coefficient (Wildman–Crippen LogP) is 3.28. The predicted molar refractivity (Wildman–Crippen MR) is 82.8 cm³/mol. The Morgan fingerprint density at radius 2 is 1.82 bits per heavy atom.